The smallest absolute Gasteiger partial charge is 0.309 e. The summed E-state index contributed by atoms with van der Waals surface area (Å²) in [6.07, 6.45) is 3.81. The number of hydrogen-bond acceptors (Lipinski definition) is 4. The normalized spacial score (nSPS) is 25.5. The molecule has 0 radical (unpaired) electrons. The van der Waals surface area contributed by atoms with Gasteiger partial charge in [-0.2, -0.15) is 0 Å². The summed E-state index contributed by atoms with van der Waals surface area (Å²) in [6.45, 7) is 15.3. The fraction of sp³-hybridized carbons (Fsp3) is 0.778. The van der Waals surface area contributed by atoms with E-state index in [9.17, 15) is 9.59 Å². The van der Waals surface area contributed by atoms with E-state index in [4.69, 9.17) is 9.16 Å². The highest BCUT2D eigenvalue weighted by Gasteiger charge is 2.52. The Balaban J connectivity index is 2.91. The SMILES string of the molecule is C=CC[C@]1(CCO[Si](C)(C)C(C)(C)C)C(=O)CC[C@@H]1C(=O)OC. The second-order valence-corrected chi connectivity index (χ2v) is 12.9. The summed E-state index contributed by atoms with van der Waals surface area (Å²) >= 11 is 0. The molecule has 0 amide bonds. The van der Waals surface area contributed by atoms with Crippen LogP contribution in [0.5, 0.6) is 0 Å². The first-order valence-corrected chi connectivity index (χ1v) is 11.3. The molecule has 1 aliphatic rings. The van der Waals surface area contributed by atoms with Crippen LogP contribution < -0.4 is 0 Å². The first-order chi connectivity index (χ1) is 10.5. The van der Waals surface area contributed by atoms with Crippen LogP contribution in [0.3, 0.4) is 0 Å². The molecule has 1 rings (SSSR count). The van der Waals surface area contributed by atoms with Crippen molar-refractivity contribution in [2.24, 2.45) is 11.3 Å². The minimum absolute atomic E-state index is 0.125. The highest BCUT2D eigenvalue weighted by molar-refractivity contribution is 6.74. The third kappa shape index (κ3) is 4.12. The predicted octanol–water partition coefficient (Wildman–Crippen LogP) is 4.11. The number of allylic oxidation sites excluding steroid dienone is 1. The number of esters is 1. The van der Waals surface area contributed by atoms with Gasteiger partial charge in [-0.1, -0.05) is 26.8 Å². The molecule has 0 heterocycles. The van der Waals surface area contributed by atoms with E-state index in [0.717, 1.165) is 0 Å². The molecule has 4 nitrogen and oxygen atoms in total. The first kappa shape index (κ1) is 20.1. The van der Waals surface area contributed by atoms with Crippen molar-refractivity contribution in [1.82, 2.24) is 0 Å². The number of carbonyl (C=O) groups is 2. The quantitative estimate of drug-likeness (QED) is 0.397. The maximum absolute atomic E-state index is 12.6. The van der Waals surface area contributed by atoms with Gasteiger partial charge in [-0.25, -0.2) is 0 Å². The van der Waals surface area contributed by atoms with Gasteiger partial charge in [0, 0.05) is 18.4 Å². The lowest BCUT2D eigenvalue weighted by atomic mass is 9.72. The molecule has 0 spiro atoms. The third-order valence-corrected chi connectivity index (χ3v) is 10.2. The fourth-order valence-electron chi connectivity index (χ4n) is 3.11. The largest absolute Gasteiger partial charge is 0.469 e. The molecule has 0 aromatic carbocycles. The molecule has 1 aliphatic carbocycles. The van der Waals surface area contributed by atoms with Gasteiger partial charge in [0.05, 0.1) is 13.0 Å². The molecule has 0 aromatic rings. The van der Waals surface area contributed by atoms with Crippen molar-refractivity contribution in [3.63, 3.8) is 0 Å². The molecule has 1 saturated carbocycles. The van der Waals surface area contributed by atoms with Gasteiger partial charge in [0.25, 0.3) is 0 Å². The monoisotopic (exact) mass is 340 g/mol. The molecular weight excluding hydrogens is 308 g/mol. The fourth-order valence-corrected chi connectivity index (χ4v) is 4.16. The maximum Gasteiger partial charge on any atom is 0.309 e. The standard InChI is InChI=1S/C18H32O4Si/c1-8-11-18(12-13-22-23(6,7)17(2,3)4)14(16(20)21-5)9-10-15(18)19/h8,14H,1,9-13H2,2-7H3/t14-,18-/m1/s1. The Morgan fingerprint density at radius 3 is 2.52 bits per heavy atom. The van der Waals surface area contributed by atoms with Gasteiger partial charge in [-0.3, -0.25) is 9.59 Å². The molecule has 0 N–H and O–H groups in total. The van der Waals surface area contributed by atoms with Crippen molar-refractivity contribution in [2.45, 2.75) is 64.6 Å². The van der Waals surface area contributed by atoms with E-state index in [1.54, 1.807) is 6.08 Å². The van der Waals surface area contributed by atoms with Crippen LogP contribution in [0, 0.1) is 11.3 Å². The van der Waals surface area contributed by atoms with E-state index in [2.05, 4.69) is 40.4 Å². The number of ketones is 1. The molecule has 0 saturated heterocycles. The predicted molar refractivity (Wildman–Crippen MR) is 94.8 cm³/mol. The van der Waals surface area contributed by atoms with E-state index >= 15 is 0 Å². The minimum Gasteiger partial charge on any atom is -0.469 e. The molecule has 1 fully saturated rings. The highest BCUT2D eigenvalue weighted by Crippen LogP contribution is 2.47. The van der Waals surface area contributed by atoms with Crippen LogP contribution in [0.25, 0.3) is 0 Å². The summed E-state index contributed by atoms with van der Waals surface area (Å²) < 4.78 is 11.2. The summed E-state index contributed by atoms with van der Waals surface area (Å²) in [6, 6.07) is 0. The average molecular weight is 341 g/mol. The van der Waals surface area contributed by atoms with E-state index in [1.165, 1.54) is 7.11 Å². The van der Waals surface area contributed by atoms with Crippen LogP contribution in [0.15, 0.2) is 12.7 Å². The highest BCUT2D eigenvalue weighted by atomic mass is 28.4. The van der Waals surface area contributed by atoms with Crippen LogP contribution in [0.4, 0.5) is 0 Å². The summed E-state index contributed by atoms with van der Waals surface area (Å²) in [7, 11) is -0.481. The number of Topliss-reactive ketones (excluding diaryl/α,β-unsaturated/α-hetero) is 1. The Labute approximate surface area is 141 Å². The van der Waals surface area contributed by atoms with Crippen molar-refractivity contribution >= 4 is 20.1 Å². The van der Waals surface area contributed by atoms with E-state index in [1.807, 2.05) is 0 Å². The average Bonchev–Trinajstić information content (AvgIpc) is 2.74. The van der Waals surface area contributed by atoms with Gasteiger partial charge >= 0.3 is 5.97 Å². The van der Waals surface area contributed by atoms with Gasteiger partial charge in [-0.15, -0.1) is 6.58 Å². The molecule has 0 aliphatic heterocycles. The summed E-state index contributed by atoms with van der Waals surface area (Å²) in [4.78, 5) is 24.7. The van der Waals surface area contributed by atoms with Crippen molar-refractivity contribution in [2.75, 3.05) is 13.7 Å². The number of ether oxygens (including phenoxy) is 1. The van der Waals surface area contributed by atoms with Crippen molar-refractivity contribution in [1.29, 1.82) is 0 Å². The molecule has 132 valence electrons. The van der Waals surface area contributed by atoms with Crippen LogP contribution in [-0.2, 0) is 18.8 Å². The molecule has 5 heteroatoms. The Kier molecular flexibility index (Phi) is 6.38. The second-order valence-electron chi connectivity index (χ2n) is 8.05. The Bertz CT molecular complexity index is 464. The Morgan fingerprint density at radius 1 is 1.43 bits per heavy atom. The Hall–Kier alpha value is -0.943. The van der Waals surface area contributed by atoms with Gasteiger partial charge in [0.1, 0.15) is 5.78 Å². The van der Waals surface area contributed by atoms with Crippen LogP contribution in [0.2, 0.25) is 18.1 Å². The molecule has 0 bridgehead atoms. The number of methoxy groups -OCH3 is 1. The first-order valence-electron chi connectivity index (χ1n) is 8.38. The van der Waals surface area contributed by atoms with E-state index in [-0.39, 0.29) is 22.7 Å². The van der Waals surface area contributed by atoms with Crippen molar-refractivity contribution in [3.05, 3.63) is 12.7 Å². The summed E-state index contributed by atoms with van der Waals surface area (Å²) in [5.41, 5.74) is -0.697. The lowest BCUT2D eigenvalue weighted by Gasteiger charge is -2.38. The second kappa shape index (κ2) is 7.30. The third-order valence-electron chi connectivity index (χ3n) is 5.69. The number of carbonyl (C=O) groups excluding carboxylic acids is 2. The minimum atomic E-state index is -1.87. The zero-order chi connectivity index (χ0) is 17.9. The van der Waals surface area contributed by atoms with Crippen LogP contribution in [-0.4, -0.2) is 33.8 Å². The molecule has 2 atom stereocenters. The molecule has 0 unspecified atom stereocenters. The Morgan fingerprint density at radius 2 is 2.04 bits per heavy atom. The number of rotatable bonds is 7. The van der Waals surface area contributed by atoms with Crippen molar-refractivity contribution < 1.29 is 18.8 Å². The van der Waals surface area contributed by atoms with Crippen LogP contribution in [0.1, 0.15) is 46.5 Å². The van der Waals surface area contributed by atoms with Gasteiger partial charge in [-0.05, 0) is 37.4 Å². The van der Waals surface area contributed by atoms with Gasteiger partial charge in [0.2, 0.25) is 0 Å². The molecular formula is C18H32O4Si. The van der Waals surface area contributed by atoms with Gasteiger partial charge in [0.15, 0.2) is 8.32 Å². The lowest BCUT2D eigenvalue weighted by molar-refractivity contribution is -0.152. The van der Waals surface area contributed by atoms with E-state index < -0.39 is 13.7 Å². The zero-order valence-corrected chi connectivity index (χ0v) is 16.5. The molecule has 23 heavy (non-hydrogen) atoms. The van der Waals surface area contributed by atoms with E-state index in [0.29, 0.717) is 32.3 Å². The van der Waals surface area contributed by atoms with Gasteiger partial charge < -0.3 is 9.16 Å². The lowest BCUT2D eigenvalue weighted by Crippen LogP contribution is -2.43. The van der Waals surface area contributed by atoms with Crippen LogP contribution >= 0.6 is 0 Å². The molecule has 0 aromatic heterocycles. The summed E-state index contributed by atoms with van der Waals surface area (Å²) in [5, 5.41) is 0.125. The van der Waals surface area contributed by atoms with Crippen molar-refractivity contribution in [3.8, 4) is 0 Å². The summed E-state index contributed by atoms with van der Waals surface area (Å²) in [5.74, 6) is -0.516. The zero-order valence-electron chi connectivity index (χ0n) is 15.5. The topological polar surface area (TPSA) is 52.6 Å². The maximum atomic E-state index is 12.6. The number of hydrogen-bond donors (Lipinski definition) is 0.